The van der Waals surface area contributed by atoms with Gasteiger partial charge in [-0.3, -0.25) is 0 Å². The van der Waals surface area contributed by atoms with E-state index >= 15 is 0 Å². The summed E-state index contributed by atoms with van der Waals surface area (Å²) >= 11 is 3.48. The lowest BCUT2D eigenvalue weighted by atomic mass is 10.00. The maximum absolute atomic E-state index is 4.95. The van der Waals surface area contributed by atoms with E-state index in [1.54, 1.807) is 22.7 Å². The van der Waals surface area contributed by atoms with Gasteiger partial charge in [0.15, 0.2) is 0 Å². The van der Waals surface area contributed by atoms with Gasteiger partial charge in [0.2, 0.25) is 0 Å². The maximum Gasteiger partial charge on any atom is 0.124 e. The minimum Gasteiger partial charge on any atom is -0.311 e. The average Bonchev–Trinajstić information content (AvgIpc) is 4.07. The fourth-order valence-corrected chi connectivity index (χ4v) is 10.5. The zero-order valence-corrected chi connectivity index (χ0v) is 35.0. The Hall–Kier alpha value is -7.64. The van der Waals surface area contributed by atoms with Crippen molar-refractivity contribution in [3.05, 3.63) is 218 Å². The number of anilines is 3. The molecule has 0 saturated carbocycles. The summed E-state index contributed by atoms with van der Waals surface area (Å²) in [6, 6.07) is 78.2. The fraction of sp³-hybridized carbons (Fsp3) is 0. The van der Waals surface area contributed by atoms with Gasteiger partial charge in [-0.05, 0) is 131 Å². The Morgan fingerprint density at radius 2 is 0.774 bits per heavy atom. The summed E-state index contributed by atoms with van der Waals surface area (Å²) in [5.74, 6) is 0. The van der Waals surface area contributed by atoms with E-state index in [0.29, 0.717) is 0 Å². The minimum atomic E-state index is 1.03. The molecule has 3 aromatic heterocycles. The topological polar surface area (TPSA) is 34.0 Å². The van der Waals surface area contributed by atoms with Crippen molar-refractivity contribution in [2.24, 2.45) is 0 Å². The molecule has 0 bridgehead atoms. The summed E-state index contributed by atoms with van der Waals surface area (Å²) in [5.41, 5.74) is 15.9. The van der Waals surface area contributed by atoms with Crippen LogP contribution in [0.3, 0.4) is 0 Å². The van der Waals surface area contributed by atoms with Crippen LogP contribution in [0.4, 0.5) is 17.1 Å². The lowest BCUT2D eigenvalue weighted by molar-refractivity contribution is 1.18. The van der Waals surface area contributed by atoms with Gasteiger partial charge in [0.25, 0.3) is 0 Å². The largest absolute Gasteiger partial charge is 0.311 e. The van der Waals surface area contributed by atoms with Crippen LogP contribution in [-0.2, 0) is 0 Å². The van der Waals surface area contributed by atoms with Crippen molar-refractivity contribution in [3.8, 4) is 49.1 Å². The third kappa shape index (κ3) is 6.45. The van der Waals surface area contributed by atoms with Crippen LogP contribution in [0.25, 0.3) is 91.3 Å². The van der Waals surface area contributed by atoms with E-state index in [1.165, 1.54) is 53.5 Å². The highest BCUT2D eigenvalue weighted by molar-refractivity contribution is 7.22. The van der Waals surface area contributed by atoms with E-state index in [1.807, 2.05) is 6.07 Å². The van der Waals surface area contributed by atoms with Gasteiger partial charge >= 0.3 is 0 Å². The van der Waals surface area contributed by atoms with Crippen LogP contribution in [0.15, 0.2) is 218 Å². The van der Waals surface area contributed by atoms with Gasteiger partial charge in [0.1, 0.15) is 10.0 Å². The number of hydrogen-bond donors (Lipinski definition) is 0. The summed E-state index contributed by atoms with van der Waals surface area (Å²) < 4.78 is 4.79. The lowest BCUT2D eigenvalue weighted by Gasteiger charge is -2.25. The van der Waals surface area contributed by atoms with Crippen molar-refractivity contribution in [1.29, 1.82) is 0 Å². The molecular formula is C56H36N4S2. The molecule has 0 radical (unpaired) electrons. The molecule has 292 valence electrons. The Bertz CT molecular complexity index is 3480. The van der Waals surface area contributed by atoms with Crippen LogP contribution in [0.1, 0.15) is 0 Å². The zero-order valence-electron chi connectivity index (χ0n) is 33.4. The lowest BCUT2D eigenvalue weighted by Crippen LogP contribution is -2.09. The van der Waals surface area contributed by atoms with Crippen molar-refractivity contribution in [1.82, 2.24) is 14.5 Å². The third-order valence-electron chi connectivity index (χ3n) is 11.7. The first kappa shape index (κ1) is 36.2. The van der Waals surface area contributed by atoms with Crippen molar-refractivity contribution in [3.63, 3.8) is 0 Å². The van der Waals surface area contributed by atoms with Crippen LogP contribution >= 0.6 is 22.7 Å². The van der Waals surface area contributed by atoms with Gasteiger partial charge in [-0.2, -0.15) is 0 Å². The Morgan fingerprint density at radius 1 is 0.339 bits per heavy atom. The fourth-order valence-electron chi connectivity index (χ4n) is 8.61. The Balaban J connectivity index is 0.804. The number of rotatable bonds is 8. The molecule has 9 aromatic carbocycles. The normalized spacial score (nSPS) is 11.5. The smallest absolute Gasteiger partial charge is 0.124 e. The van der Waals surface area contributed by atoms with E-state index in [9.17, 15) is 0 Å². The number of nitrogens with zero attached hydrogens (tertiary/aromatic N) is 4. The van der Waals surface area contributed by atoms with Gasteiger partial charge in [0.05, 0.1) is 31.5 Å². The van der Waals surface area contributed by atoms with Crippen LogP contribution in [0.5, 0.6) is 0 Å². The number of hydrogen-bond acceptors (Lipinski definition) is 5. The van der Waals surface area contributed by atoms with E-state index in [0.717, 1.165) is 54.9 Å². The predicted octanol–water partition coefficient (Wildman–Crippen LogP) is 16.1. The molecule has 0 saturated heterocycles. The molecular weight excluding hydrogens is 793 g/mol. The van der Waals surface area contributed by atoms with E-state index in [4.69, 9.17) is 9.97 Å². The molecule has 0 unspecified atom stereocenters. The molecule has 12 aromatic rings. The molecule has 12 rings (SSSR count). The van der Waals surface area contributed by atoms with Crippen molar-refractivity contribution in [2.75, 3.05) is 4.90 Å². The van der Waals surface area contributed by atoms with Crippen LogP contribution in [-0.4, -0.2) is 14.5 Å². The van der Waals surface area contributed by atoms with Gasteiger partial charge < -0.3 is 9.47 Å². The predicted molar refractivity (Wildman–Crippen MR) is 264 cm³/mol. The highest BCUT2D eigenvalue weighted by Crippen LogP contribution is 2.40. The molecule has 0 atom stereocenters. The van der Waals surface area contributed by atoms with E-state index < -0.39 is 0 Å². The molecule has 0 N–H and O–H groups in total. The first-order valence-corrected chi connectivity index (χ1v) is 22.4. The van der Waals surface area contributed by atoms with Crippen LogP contribution in [0.2, 0.25) is 0 Å². The first-order valence-electron chi connectivity index (χ1n) is 20.7. The summed E-state index contributed by atoms with van der Waals surface area (Å²) in [4.78, 5) is 12.1. The number of aromatic nitrogens is 3. The molecule has 0 fully saturated rings. The van der Waals surface area contributed by atoms with E-state index in [2.05, 4.69) is 222 Å². The van der Waals surface area contributed by atoms with Crippen LogP contribution in [0, 0.1) is 0 Å². The quantitative estimate of drug-likeness (QED) is 0.153. The van der Waals surface area contributed by atoms with Gasteiger partial charge in [-0.15, -0.1) is 22.7 Å². The molecule has 62 heavy (non-hydrogen) atoms. The molecule has 0 aliphatic heterocycles. The molecule has 3 heterocycles. The van der Waals surface area contributed by atoms with Crippen molar-refractivity contribution < 1.29 is 0 Å². The molecule has 0 aliphatic rings. The Labute approximate surface area is 366 Å². The standard InChI is InChI=1S/C56H36N4S2/c1-2-10-43(11-3-1)59(45-33-26-41(27-34-45)55-57-49-13-5-8-16-53(49)61-55)44-29-22-39(23-30-44)37-18-20-38(21-19-37)40-24-31-46(32-25-40)60-51-15-7-4-12-47(51)48-36-42(28-35-52(48)60)56-58-50-14-6-9-17-54(50)62-56/h1-36H. The van der Waals surface area contributed by atoms with E-state index in [-0.39, 0.29) is 0 Å². The van der Waals surface area contributed by atoms with Crippen molar-refractivity contribution >= 4 is 82.0 Å². The number of fused-ring (bicyclic) bond motifs is 5. The molecule has 0 spiro atoms. The van der Waals surface area contributed by atoms with Gasteiger partial charge in [-0.1, -0.05) is 109 Å². The summed E-state index contributed by atoms with van der Waals surface area (Å²) in [6.07, 6.45) is 0. The number of benzene rings is 9. The summed E-state index contributed by atoms with van der Waals surface area (Å²) in [7, 11) is 0. The highest BCUT2D eigenvalue weighted by atomic mass is 32.1. The second-order valence-corrected chi connectivity index (χ2v) is 17.5. The monoisotopic (exact) mass is 828 g/mol. The average molecular weight is 829 g/mol. The van der Waals surface area contributed by atoms with Gasteiger partial charge in [-0.25, -0.2) is 9.97 Å². The van der Waals surface area contributed by atoms with Crippen LogP contribution < -0.4 is 4.90 Å². The highest BCUT2D eigenvalue weighted by Gasteiger charge is 2.17. The number of para-hydroxylation sites is 4. The Kier molecular flexibility index (Phi) is 8.84. The number of thiazole rings is 2. The Morgan fingerprint density at radius 3 is 1.37 bits per heavy atom. The maximum atomic E-state index is 4.95. The SMILES string of the molecule is c1ccc(N(c2ccc(-c3ccc(-c4ccc(-n5c6ccccc6c6cc(-c7nc8ccccc8s7)ccc65)cc4)cc3)cc2)c2ccc(-c3nc4ccccc4s3)cc2)cc1. The third-order valence-corrected chi connectivity index (χ3v) is 13.9. The molecule has 6 heteroatoms. The molecule has 0 amide bonds. The summed E-state index contributed by atoms with van der Waals surface area (Å²) in [5, 5.41) is 4.55. The zero-order chi connectivity index (χ0) is 41.0. The second kappa shape index (κ2) is 15.1. The second-order valence-electron chi connectivity index (χ2n) is 15.4. The summed E-state index contributed by atoms with van der Waals surface area (Å²) in [6.45, 7) is 0. The minimum absolute atomic E-state index is 1.03. The van der Waals surface area contributed by atoms with Gasteiger partial charge in [0, 0.05) is 44.6 Å². The molecule has 4 nitrogen and oxygen atoms in total. The molecule has 0 aliphatic carbocycles. The van der Waals surface area contributed by atoms with Crippen molar-refractivity contribution in [2.45, 2.75) is 0 Å². The first-order chi connectivity index (χ1) is 30.7.